The molecule has 0 saturated carbocycles. The molecule has 6 nitrogen and oxygen atoms in total. The van der Waals surface area contributed by atoms with Crippen molar-refractivity contribution in [3.63, 3.8) is 0 Å². The van der Waals surface area contributed by atoms with E-state index >= 15 is 0 Å². The Hall–Kier alpha value is -1.76. The molecule has 1 aromatic rings. The van der Waals surface area contributed by atoms with E-state index in [1.807, 2.05) is 13.8 Å². The van der Waals surface area contributed by atoms with E-state index < -0.39 is 16.1 Å². The highest BCUT2D eigenvalue weighted by atomic mass is 32.2. The number of ether oxygens (including phenoxy) is 1. The third-order valence-electron chi connectivity index (χ3n) is 2.74. The molecule has 0 spiro atoms. The second-order valence-electron chi connectivity index (χ2n) is 4.57. The van der Waals surface area contributed by atoms with Crippen LogP contribution in [0.1, 0.15) is 19.4 Å². The van der Waals surface area contributed by atoms with Crippen molar-refractivity contribution in [2.24, 2.45) is 5.92 Å². The minimum Gasteiger partial charge on any atom is -0.496 e. The van der Waals surface area contributed by atoms with Gasteiger partial charge in [0.05, 0.1) is 12.0 Å². The van der Waals surface area contributed by atoms with Crippen molar-refractivity contribution in [3.05, 3.63) is 33.9 Å². The Bertz CT molecular complexity index is 504. The van der Waals surface area contributed by atoms with Gasteiger partial charge in [0.1, 0.15) is 11.0 Å². The summed E-state index contributed by atoms with van der Waals surface area (Å²) in [4.78, 5) is 21.4. The van der Waals surface area contributed by atoms with Crippen LogP contribution in [0.3, 0.4) is 0 Å². The van der Waals surface area contributed by atoms with E-state index in [1.54, 1.807) is 0 Å². The molecule has 1 rings (SSSR count). The van der Waals surface area contributed by atoms with E-state index in [1.165, 1.54) is 37.1 Å². The van der Waals surface area contributed by atoms with Crippen LogP contribution in [-0.2, 0) is 10.5 Å². The summed E-state index contributed by atoms with van der Waals surface area (Å²) in [6.45, 7) is 3.66. The number of nitrogens with zero attached hydrogens (tertiary/aromatic N) is 1. The summed E-state index contributed by atoms with van der Waals surface area (Å²) >= 11 is 1.24. The number of rotatable bonds is 7. The third kappa shape index (κ3) is 4.12. The van der Waals surface area contributed by atoms with Crippen molar-refractivity contribution in [1.29, 1.82) is 0 Å². The Balaban J connectivity index is 2.92. The van der Waals surface area contributed by atoms with Crippen molar-refractivity contribution < 1.29 is 19.6 Å². The highest BCUT2D eigenvalue weighted by Gasteiger charge is 2.23. The highest BCUT2D eigenvalue weighted by molar-refractivity contribution is 7.99. The predicted octanol–water partition coefficient (Wildman–Crippen LogP) is 2.95. The Morgan fingerprint density at radius 2 is 2.15 bits per heavy atom. The number of thioether (sulfide) groups is 1. The molecule has 7 heteroatoms. The van der Waals surface area contributed by atoms with Gasteiger partial charge < -0.3 is 9.84 Å². The van der Waals surface area contributed by atoms with Crippen LogP contribution in [-0.4, -0.2) is 28.4 Å². The zero-order valence-electron chi connectivity index (χ0n) is 11.5. The molecule has 0 aromatic heterocycles. The number of aliphatic carboxylic acids is 1. The first kappa shape index (κ1) is 16.3. The summed E-state index contributed by atoms with van der Waals surface area (Å²) in [5.74, 6) is -0.0346. The normalized spacial score (nSPS) is 12.2. The second-order valence-corrected chi connectivity index (χ2v) is 5.70. The summed E-state index contributed by atoms with van der Waals surface area (Å²) < 4.78 is 5.15. The largest absolute Gasteiger partial charge is 0.496 e. The topological polar surface area (TPSA) is 89.7 Å². The fourth-order valence-electron chi connectivity index (χ4n) is 1.72. The van der Waals surface area contributed by atoms with Crippen LogP contribution in [0.2, 0.25) is 0 Å². The maximum Gasteiger partial charge on any atom is 0.316 e. The summed E-state index contributed by atoms with van der Waals surface area (Å²) in [6, 6.07) is 4.31. The van der Waals surface area contributed by atoms with Crippen LogP contribution in [0.15, 0.2) is 18.2 Å². The van der Waals surface area contributed by atoms with Gasteiger partial charge in [-0.2, -0.15) is 0 Å². The van der Waals surface area contributed by atoms with Crippen LogP contribution in [0.25, 0.3) is 0 Å². The molecule has 110 valence electrons. The van der Waals surface area contributed by atoms with Gasteiger partial charge >= 0.3 is 5.97 Å². The maximum absolute atomic E-state index is 11.1. The van der Waals surface area contributed by atoms with Crippen molar-refractivity contribution >= 4 is 23.4 Å². The van der Waals surface area contributed by atoms with Gasteiger partial charge in [-0.15, -0.1) is 11.8 Å². The quantitative estimate of drug-likeness (QED) is 0.615. The molecule has 20 heavy (non-hydrogen) atoms. The number of nitro groups is 1. The number of nitro benzene ring substituents is 1. The number of carboxylic acid groups (broad SMARTS) is 1. The number of methoxy groups -OCH3 is 1. The minimum atomic E-state index is -0.880. The van der Waals surface area contributed by atoms with Gasteiger partial charge in [0.15, 0.2) is 0 Å². The molecule has 0 fully saturated rings. The predicted molar refractivity (Wildman–Crippen MR) is 77.2 cm³/mol. The summed E-state index contributed by atoms with van der Waals surface area (Å²) in [5.41, 5.74) is 0.594. The number of carbonyl (C=O) groups is 1. The Labute approximate surface area is 121 Å². The van der Waals surface area contributed by atoms with Crippen LogP contribution in [0.5, 0.6) is 5.75 Å². The molecule has 0 aliphatic heterocycles. The zero-order chi connectivity index (χ0) is 15.3. The Morgan fingerprint density at radius 1 is 1.50 bits per heavy atom. The molecular formula is C13H17NO5S. The molecular weight excluding hydrogens is 282 g/mol. The van der Waals surface area contributed by atoms with Crippen LogP contribution >= 0.6 is 11.8 Å². The number of hydrogen-bond donors (Lipinski definition) is 1. The number of hydrogen-bond acceptors (Lipinski definition) is 5. The molecule has 1 unspecified atom stereocenters. The Morgan fingerprint density at radius 3 is 2.60 bits per heavy atom. The van der Waals surface area contributed by atoms with Crippen molar-refractivity contribution in [2.75, 3.05) is 7.11 Å². The zero-order valence-corrected chi connectivity index (χ0v) is 12.3. The van der Waals surface area contributed by atoms with Gasteiger partial charge in [0.25, 0.3) is 5.69 Å². The summed E-state index contributed by atoms with van der Waals surface area (Å²) in [5, 5.41) is 19.3. The number of carboxylic acids is 1. The minimum absolute atomic E-state index is 0.0257. The van der Waals surface area contributed by atoms with E-state index in [4.69, 9.17) is 9.84 Å². The van der Waals surface area contributed by atoms with Gasteiger partial charge in [-0.1, -0.05) is 13.8 Å². The fourth-order valence-corrected chi connectivity index (χ4v) is 2.83. The molecule has 0 aliphatic carbocycles. The lowest BCUT2D eigenvalue weighted by atomic mass is 10.1. The smallest absolute Gasteiger partial charge is 0.316 e. The number of non-ortho nitro benzene ring substituents is 1. The van der Waals surface area contributed by atoms with Crippen LogP contribution in [0.4, 0.5) is 5.69 Å². The molecule has 0 heterocycles. The van der Waals surface area contributed by atoms with Crippen molar-refractivity contribution in [3.8, 4) is 5.75 Å². The van der Waals surface area contributed by atoms with E-state index in [0.717, 1.165) is 0 Å². The third-order valence-corrected chi connectivity index (χ3v) is 4.32. The van der Waals surface area contributed by atoms with Gasteiger partial charge in [-0.3, -0.25) is 14.9 Å². The molecule has 1 atom stereocenters. The van der Waals surface area contributed by atoms with Gasteiger partial charge in [-0.05, 0) is 12.0 Å². The van der Waals surface area contributed by atoms with E-state index in [9.17, 15) is 14.9 Å². The maximum atomic E-state index is 11.1. The molecule has 0 radical (unpaired) electrons. The number of benzene rings is 1. The molecule has 1 N–H and O–H groups in total. The first-order valence-corrected chi connectivity index (χ1v) is 7.07. The first-order valence-electron chi connectivity index (χ1n) is 6.02. The SMILES string of the molecule is COc1ccc([N+](=O)[O-])cc1CSC(C(=O)O)C(C)C. The molecule has 0 saturated heterocycles. The van der Waals surface area contributed by atoms with Gasteiger partial charge in [0, 0.05) is 23.4 Å². The lowest BCUT2D eigenvalue weighted by Gasteiger charge is -2.16. The van der Waals surface area contributed by atoms with E-state index in [-0.39, 0.29) is 11.6 Å². The van der Waals surface area contributed by atoms with Crippen molar-refractivity contribution in [1.82, 2.24) is 0 Å². The van der Waals surface area contributed by atoms with Crippen molar-refractivity contribution in [2.45, 2.75) is 24.9 Å². The average molecular weight is 299 g/mol. The molecule has 0 amide bonds. The standard InChI is InChI=1S/C13H17NO5S/c1-8(2)12(13(15)16)20-7-9-6-10(14(17)18)4-5-11(9)19-3/h4-6,8,12H,7H2,1-3H3,(H,15,16). The van der Waals surface area contributed by atoms with E-state index in [2.05, 4.69) is 0 Å². The average Bonchev–Trinajstić information content (AvgIpc) is 2.37. The Kier molecular flexibility index (Phi) is 5.82. The van der Waals surface area contributed by atoms with Gasteiger partial charge in [0.2, 0.25) is 0 Å². The van der Waals surface area contributed by atoms with Crippen LogP contribution < -0.4 is 4.74 Å². The molecule has 0 bridgehead atoms. The summed E-state index contributed by atoms with van der Waals surface area (Å²) in [7, 11) is 1.48. The molecule has 0 aliphatic rings. The van der Waals surface area contributed by atoms with Crippen LogP contribution in [0, 0.1) is 16.0 Å². The second kappa shape index (κ2) is 7.14. The highest BCUT2D eigenvalue weighted by Crippen LogP contribution is 2.31. The molecule has 1 aromatic carbocycles. The summed E-state index contributed by atoms with van der Waals surface area (Å²) in [6.07, 6.45) is 0. The lowest BCUT2D eigenvalue weighted by Crippen LogP contribution is -2.22. The first-order chi connectivity index (χ1) is 9.36. The van der Waals surface area contributed by atoms with E-state index in [0.29, 0.717) is 17.1 Å². The van der Waals surface area contributed by atoms with Gasteiger partial charge in [-0.25, -0.2) is 0 Å². The fraction of sp³-hybridized carbons (Fsp3) is 0.462. The lowest BCUT2D eigenvalue weighted by molar-refractivity contribution is -0.384. The monoisotopic (exact) mass is 299 g/mol.